The van der Waals surface area contributed by atoms with Gasteiger partial charge in [-0.15, -0.1) is 11.3 Å². The number of hydrogen-bond acceptors (Lipinski definition) is 2. The summed E-state index contributed by atoms with van der Waals surface area (Å²) < 4.78 is 0. The zero-order chi connectivity index (χ0) is 9.14. The van der Waals surface area contributed by atoms with E-state index in [0.29, 0.717) is 0 Å². The zero-order valence-corrected chi connectivity index (χ0v) is 8.39. The number of aryl methyl sites for hydroxylation is 1. The van der Waals surface area contributed by atoms with Crippen LogP contribution in [0.15, 0.2) is 12.1 Å². The van der Waals surface area contributed by atoms with E-state index in [-0.39, 0.29) is 6.04 Å². The summed E-state index contributed by atoms with van der Waals surface area (Å²) in [5.74, 6) is 0. The molecule has 12 heavy (non-hydrogen) atoms. The molecule has 1 unspecified atom stereocenters. The standard InChI is InChI=1S/C9H13NOS/c1-7-4-5-9(12-7)8(2)10(3)6-11/h4-6,8H,1-3H3. The van der Waals surface area contributed by atoms with Crippen LogP contribution in [0.3, 0.4) is 0 Å². The molecule has 1 amide bonds. The molecule has 0 bridgehead atoms. The normalized spacial score (nSPS) is 12.6. The summed E-state index contributed by atoms with van der Waals surface area (Å²) in [5, 5.41) is 0. The molecule has 0 radical (unpaired) electrons. The van der Waals surface area contributed by atoms with Gasteiger partial charge in [-0.2, -0.15) is 0 Å². The molecule has 0 aromatic carbocycles. The van der Waals surface area contributed by atoms with Crippen molar-refractivity contribution in [2.45, 2.75) is 19.9 Å². The quantitative estimate of drug-likeness (QED) is 0.658. The minimum Gasteiger partial charge on any atom is -0.341 e. The highest BCUT2D eigenvalue weighted by Gasteiger charge is 2.10. The van der Waals surface area contributed by atoms with Crippen molar-refractivity contribution in [1.29, 1.82) is 0 Å². The van der Waals surface area contributed by atoms with E-state index < -0.39 is 0 Å². The first-order valence-electron chi connectivity index (χ1n) is 3.88. The van der Waals surface area contributed by atoms with E-state index in [2.05, 4.69) is 19.1 Å². The molecule has 0 aliphatic carbocycles. The fraction of sp³-hybridized carbons (Fsp3) is 0.444. The van der Waals surface area contributed by atoms with Crippen molar-refractivity contribution in [3.05, 3.63) is 21.9 Å². The smallest absolute Gasteiger partial charge is 0.209 e. The topological polar surface area (TPSA) is 20.3 Å². The maximum Gasteiger partial charge on any atom is 0.209 e. The van der Waals surface area contributed by atoms with Gasteiger partial charge >= 0.3 is 0 Å². The summed E-state index contributed by atoms with van der Waals surface area (Å²) in [6.45, 7) is 4.10. The van der Waals surface area contributed by atoms with Gasteiger partial charge in [-0.05, 0) is 26.0 Å². The van der Waals surface area contributed by atoms with Crippen LogP contribution >= 0.6 is 11.3 Å². The average Bonchev–Trinajstić information content (AvgIpc) is 2.49. The second kappa shape index (κ2) is 3.72. The monoisotopic (exact) mass is 183 g/mol. The van der Waals surface area contributed by atoms with Gasteiger partial charge in [-0.25, -0.2) is 0 Å². The minimum atomic E-state index is 0.196. The van der Waals surface area contributed by atoms with E-state index >= 15 is 0 Å². The van der Waals surface area contributed by atoms with Gasteiger partial charge in [0.2, 0.25) is 6.41 Å². The molecule has 1 aromatic rings. The van der Waals surface area contributed by atoms with Gasteiger partial charge in [0.05, 0.1) is 6.04 Å². The molecule has 1 atom stereocenters. The Morgan fingerprint density at radius 2 is 2.25 bits per heavy atom. The average molecular weight is 183 g/mol. The second-order valence-electron chi connectivity index (χ2n) is 2.90. The third kappa shape index (κ3) is 1.85. The van der Waals surface area contributed by atoms with Gasteiger partial charge in [0.1, 0.15) is 0 Å². The molecule has 1 rings (SSSR count). The predicted molar refractivity (Wildman–Crippen MR) is 51.3 cm³/mol. The zero-order valence-electron chi connectivity index (χ0n) is 7.57. The van der Waals surface area contributed by atoms with Crippen LogP contribution in [-0.2, 0) is 4.79 Å². The van der Waals surface area contributed by atoms with E-state index in [4.69, 9.17) is 0 Å². The molecular weight excluding hydrogens is 170 g/mol. The first-order valence-corrected chi connectivity index (χ1v) is 4.70. The van der Waals surface area contributed by atoms with Crippen molar-refractivity contribution in [3.63, 3.8) is 0 Å². The fourth-order valence-corrected chi connectivity index (χ4v) is 1.95. The highest BCUT2D eigenvalue weighted by Crippen LogP contribution is 2.25. The lowest BCUT2D eigenvalue weighted by Gasteiger charge is -2.18. The first kappa shape index (κ1) is 9.26. The Kier molecular flexibility index (Phi) is 2.87. The van der Waals surface area contributed by atoms with E-state index in [9.17, 15) is 4.79 Å². The summed E-state index contributed by atoms with van der Waals surface area (Å²) in [4.78, 5) is 14.7. The van der Waals surface area contributed by atoms with Crippen molar-refractivity contribution in [3.8, 4) is 0 Å². The number of carbonyl (C=O) groups excluding carboxylic acids is 1. The van der Waals surface area contributed by atoms with Gasteiger partial charge in [-0.1, -0.05) is 0 Å². The Morgan fingerprint density at radius 3 is 2.67 bits per heavy atom. The number of thiophene rings is 1. The largest absolute Gasteiger partial charge is 0.341 e. The maximum absolute atomic E-state index is 10.5. The Bertz CT molecular complexity index is 269. The van der Waals surface area contributed by atoms with Gasteiger partial charge in [-0.3, -0.25) is 4.79 Å². The van der Waals surface area contributed by atoms with Crippen LogP contribution in [0.4, 0.5) is 0 Å². The van der Waals surface area contributed by atoms with Crippen molar-refractivity contribution in [1.82, 2.24) is 4.90 Å². The van der Waals surface area contributed by atoms with Crippen molar-refractivity contribution in [2.24, 2.45) is 0 Å². The van der Waals surface area contributed by atoms with Crippen LogP contribution in [0.1, 0.15) is 22.7 Å². The van der Waals surface area contributed by atoms with Gasteiger partial charge in [0.15, 0.2) is 0 Å². The molecule has 0 fully saturated rings. The van der Waals surface area contributed by atoms with Crippen LogP contribution in [0, 0.1) is 6.92 Å². The SMILES string of the molecule is Cc1ccc(C(C)N(C)C=O)s1. The summed E-state index contributed by atoms with van der Waals surface area (Å²) >= 11 is 1.74. The lowest BCUT2D eigenvalue weighted by molar-refractivity contribution is -0.118. The molecule has 0 saturated carbocycles. The van der Waals surface area contributed by atoms with Crippen molar-refractivity contribution in [2.75, 3.05) is 7.05 Å². The summed E-state index contributed by atoms with van der Waals surface area (Å²) in [5.41, 5.74) is 0. The molecule has 3 heteroatoms. The van der Waals surface area contributed by atoms with Gasteiger partial charge < -0.3 is 4.90 Å². The first-order chi connectivity index (χ1) is 5.65. The molecule has 0 aliphatic rings. The van der Waals surface area contributed by atoms with Crippen LogP contribution in [0.2, 0.25) is 0 Å². The third-order valence-electron chi connectivity index (χ3n) is 1.95. The maximum atomic E-state index is 10.5. The molecule has 1 heterocycles. The molecule has 0 spiro atoms. The Balaban J connectivity index is 2.77. The van der Waals surface area contributed by atoms with Crippen LogP contribution < -0.4 is 0 Å². The van der Waals surface area contributed by atoms with E-state index in [1.807, 2.05) is 6.92 Å². The highest BCUT2D eigenvalue weighted by molar-refractivity contribution is 7.12. The van der Waals surface area contributed by atoms with Crippen molar-refractivity contribution >= 4 is 17.7 Å². The summed E-state index contributed by atoms with van der Waals surface area (Å²) in [7, 11) is 1.80. The third-order valence-corrected chi connectivity index (χ3v) is 3.12. The second-order valence-corrected chi connectivity index (χ2v) is 4.21. The minimum absolute atomic E-state index is 0.196. The van der Waals surface area contributed by atoms with Crippen LogP contribution in [0.5, 0.6) is 0 Å². The summed E-state index contributed by atoms with van der Waals surface area (Å²) in [6.07, 6.45) is 0.861. The fourth-order valence-electron chi connectivity index (χ4n) is 0.970. The van der Waals surface area contributed by atoms with E-state index in [1.165, 1.54) is 9.75 Å². The van der Waals surface area contributed by atoms with Gasteiger partial charge in [0.25, 0.3) is 0 Å². The molecule has 66 valence electrons. The number of carbonyl (C=O) groups is 1. The number of hydrogen-bond donors (Lipinski definition) is 0. The molecule has 0 N–H and O–H groups in total. The Hall–Kier alpha value is -0.830. The highest BCUT2D eigenvalue weighted by atomic mass is 32.1. The molecule has 2 nitrogen and oxygen atoms in total. The van der Waals surface area contributed by atoms with E-state index in [0.717, 1.165) is 6.41 Å². The lowest BCUT2D eigenvalue weighted by Crippen LogP contribution is -2.19. The number of amides is 1. The number of rotatable bonds is 3. The number of nitrogens with zero attached hydrogens (tertiary/aromatic N) is 1. The lowest BCUT2D eigenvalue weighted by atomic mass is 10.2. The predicted octanol–water partition coefficient (Wildman–Crippen LogP) is 2.21. The van der Waals surface area contributed by atoms with Crippen molar-refractivity contribution < 1.29 is 4.79 Å². The van der Waals surface area contributed by atoms with E-state index in [1.54, 1.807) is 23.3 Å². The molecule has 0 aliphatic heterocycles. The van der Waals surface area contributed by atoms with Crippen LogP contribution in [-0.4, -0.2) is 18.4 Å². The molecule has 1 aromatic heterocycles. The Morgan fingerprint density at radius 1 is 1.58 bits per heavy atom. The molecule has 0 saturated heterocycles. The van der Waals surface area contributed by atoms with Gasteiger partial charge in [0, 0.05) is 16.8 Å². The molecular formula is C9H13NOS. The van der Waals surface area contributed by atoms with Crippen LogP contribution in [0.25, 0.3) is 0 Å². The Labute approximate surface area is 76.8 Å². The summed E-state index contributed by atoms with van der Waals surface area (Å²) in [6, 6.07) is 4.35.